The standard InChI is InChI=1S/C8H12N2O2/c1-7-9-4-6-10(7)5-2-3-8(11)12/h4,6H,2-3,5H2,1H3,(H,11,12)/p+1. The van der Waals surface area contributed by atoms with Crippen LogP contribution in [0, 0.1) is 6.92 Å². The van der Waals surface area contributed by atoms with E-state index in [-0.39, 0.29) is 6.42 Å². The van der Waals surface area contributed by atoms with Crippen LogP contribution in [0.3, 0.4) is 0 Å². The molecule has 66 valence electrons. The highest BCUT2D eigenvalue weighted by Gasteiger charge is 2.04. The van der Waals surface area contributed by atoms with E-state index in [1.807, 2.05) is 23.9 Å². The van der Waals surface area contributed by atoms with Crippen molar-refractivity contribution in [3.63, 3.8) is 0 Å². The summed E-state index contributed by atoms with van der Waals surface area (Å²) in [5.41, 5.74) is 0. The van der Waals surface area contributed by atoms with E-state index in [0.717, 1.165) is 12.4 Å². The third-order valence-electron chi connectivity index (χ3n) is 1.77. The van der Waals surface area contributed by atoms with Crippen molar-refractivity contribution in [1.29, 1.82) is 0 Å². The van der Waals surface area contributed by atoms with E-state index in [9.17, 15) is 4.79 Å². The molecule has 12 heavy (non-hydrogen) atoms. The first-order valence-electron chi connectivity index (χ1n) is 3.95. The van der Waals surface area contributed by atoms with Gasteiger partial charge < -0.3 is 5.11 Å². The molecule has 1 rings (SSSR count). The van der Waals surface area contributed by atoms with Crippen LogP contribution in [0.25, 0.3) is 0 Å². The Morgan fingerprint density at radius 1 is 1.75 bits per heavy atom. The number of carboxylic acid groups (broad SMARTS) is 1. The smallest absolute Gasteiger partial charge is 0.303 e. The average Bonchev–Trinajstić information content (AvgIpc) is 2.36. The molecule has 0 radical (unpaired) electrons. The van der Waals surface area contributed by atoms with Gasteiger partial charge in [-0.05, 0) is 6.42 Å². The minimum absolute atomic E-state index is 0.234. The predicted molar refractivity (Wildman–Crippen MR) is 42.6 cm³/mol. The zero-order valence-electron chi connectivity index (χ0n) is 7.08. The minimum atomic E-state index is -0.733. The van der Waals surface area contributed by atoms with Crippen LogP contribution in [0.1, 0.15) is 18.7 Å². The lowest BCUT2D eigenvalue weighted by atomic mass is 10.3. The second-order valence-electron chi connectivity index (χ2n) is 2.74. The number of hydrogen-bond acceptors (Lipinski definition) is 1. The molecule has 1 heterocycles. The van der Waals surface area contributed by atoms with Crippen molar-refractivity contribution in [3.8, 4) is 0 Å². The van der Waals surface area contributed by atoms with E-state index in [1.54, 1.807) is 0 Å². The maximum Gasteiger partial charge on any atom is 0.303 e. The quantitative estimate of drug-likeness (QED) is 0.644. The van der Waals surface area contributed by atoms with E-state index < -0.39 is 5.97 Å². The molecular weight excluding hydrogens is 156 g/mol. The molecule has 0 aliphatic rings. The number of carboxylic acids is 1. The summed E-state index contributed by atoms with van der Waals surface area (Å²) in [5.74, 6) is 0.323. The van der Waals surface area contributed by atoms with Gasteiger partial charge in [-0.1, -0.05) is 0 Å². The van der Waals surface area contributed by atoms with Gasteiger partial charge in [0.05, 0.1) is 6.54 Å². The molecular formula is C8H13N2O2+. The first kappa shape index (κ1) is 8.77. The fraction of sp³-hybridized carbons (Fsp3) is 0.500. The number of nitrogens with one attached hydrogen (secondary N) is 1. The number of carbonyl (C=O) groups is 1. The van der Waals surface area contributed by atoms with Gasteiger partial charge in [-0.2, -0.15) is 0 Å². The Bertz CT molecular complexity index is 268. The predicted octanol–water partition coefficient (Wildman–Crippen LogP) is 0.475. The summed E-state index contributed by atoms with van der Waals surface area (Å²) in [6.07, 6.45) is 4.67. The van der Waals surface area contributed by atoms with E-state index >= 15 is 0 Å². The van der Waals surface area contributed by atoms with Crippen molar-refractivity contribution in [2.45, 2.75) is 26.3 Å². The molecule has 1 aromatic rings. The summed E-state index contributed by atoms with van der Waals surface area (Å²) in [6, 6.07) is 0. The maximum atomic E-state index is 10.2. The minimum Gasteiger partial charge on any atom is -0.481 e. The Morgan fingerprint density at radius 2 is 2.50 bits per heavy atom. The van der Waals surface area contributed by atoms with Crippen molar-refractivity contribution in [2.75, 3.05) is 0 Å². The fourth-order valence-corrected chi connectivity index (χ4v) is 1.09. The topological polar surface area (TPSA) is 57.0 Å². The highest BCUT2D eigenvalue weighted by molar-refractivity contribution is 5.66. The summed E-state index contributed by atoms with van der Waals surface area (Å²) < 4.78 is 2.00. The van der Waals surface area contributed by atoms with Gasteiger partial charge in [0, 0.05) is 13.3 Å². The molecule has 4 heteroatoms. The van der Waals surface area contributed by atoms with E-state index in [1.165, 1.54) is 0 Å². The number of H-pyrrole nitrogens is 1. The largest absolute Gasteiger partial charge is 0.481 e. The average molecular weight is 169 g/mol. The number of nitrogens with zero attached hydrogens (tertiary/aromatic N) is 1. The van der Waals surface area contributed by atoms with Gasteiger partial charge in [-0.3, -0.25) is 4.79 Å². The van der Waals surface area contributed by atoms with Gasteiger partial charge >= 0.3 is 5.97 Å². The van der Waals surface area contributed by atoms with Crippen molar-refractivity contribution >= 4 is 5.97 Å². The zero-order chi connectivity index (χ0) is 8.97. The van der Waals surface area contributed by atoms with E-state index in [0.29, 0.717) is 6.42 Å². The molecule has 0 saturated carbocycles. The SMILES string of the molecule is Cc1[nH]cc[n+]1CCCC(=O)O. The Hall–Kier alpha value is -1.32. The Balaban J connectivity index is 2.33. The van der Waals surface area contributed by atoms with Gasteiger partial charge in [0.1, 0.15) is 12.4 Å². The second kappa shape index (κ2) is 3.90. The maximum absolute atomic E-state index is 10.2. The van der Waals surface area contributed by atoms with E-state index in [4.69, 9.17) is 5.11 Å². The molecule has 0 spiro atoms. The van der Waals surface area contributed by atoms with Crippen molar-refractivity contribution in [3.05, 3.63) is 18.2 Å². The van der Waals surface area contributed by atoms with Crippen molar-refractivity contribution in [2.24, 2.45) is 0 Å². The molecule has 1 aromatic heterocycles. The van der Waals surface area contributed by atoms with E-state index in [2.05, 4.69) is 4.98 Å². The summed E-state index contributed by atoms with van der Waals surface area (Å²) >= 11 is 0. The molecule has 0 aromatic carbocycles. The molecule has 4 nitrogen and oxygen atoms in total. The number of aromatic nitrogens is 2. The van der Waals surface area contributed by atoms with Gasteiger partial charge in [-0.25, -0.2) is 9.55 Å². The van der Waals surface area contributed by atoms with Gasteiger partial charge in [0.15, 0.2) is 0 Å². The molecule has 0 amide bonds. The molecule has 0 bridgehead atoms. The van der Waals surface area contributed by atoms with Gasteiger partial charge in [0.25, 0.3) is 5.82 Å². The number of imidazole rings is 1. The third kappa shape index (κ3) is 2.38. The second-order valence-corrected chi connectivity index (χ2v) is 2.74. The molecule has 2 N–H and O–H groups in total. The van der Waals surface area contributed by atoms with Crippen LogP contribution in [0.5, 0.6) is 0 Å². The molecule has 0 aliphatic heterocycles. The normalized spacial score (nSPS) is 10.1. The molecule has 0 unspecified atom stereocenters. The lowest BCUT2D eigenvalue weighted by Crippen LogP contribution is -2.34. The summed E-state index contributed by atoms with van der Waals surface area (Å²) in [6.45, 7) is 2.72. The number of aryl methyl sites for hydroxylation is 2. The number of aliphatic carboxylic acids is 1. The van der Waals surface area contributed by atoms with Gasteiger partial charge in [0.2, 0.25) is 0 Å². The van der Waals surface area contributed by atoms with Crippen LogP contribution >= 0.6 is 0 Å². The van der Waals surface area contributed by atoms with Crippen LogP contribution in [0.15, 0.2) is 12.4 Å². The zero-order valence-corrected chi connectivity index (χ0v) is 7.08. The first-order valence-corrected chi connectivity index (χ1v) is 3.95. The molecule has 0 fully saturated rings. The Labute approximate surface area is 70.9 Å². The van der Waals surface area contributed by atoms with Gasteiger partial charge in [-0.15, -0.1) is 0 Å². The number of hydrogen-bond donors (Lipinski definition) is 2. The number of rotatable bonds is 4. The lowest BCUT2D eigenvalue weighted by Gasteiger charge is -1.95. The molecule has 0 aliphatic carbocycles. The van der Waals surface area contributed by atoms with Crippen LogP contribution in [-0.4, -0.2) is 16.1 Å². The first-order chi connectivity index (χ1) is 5.70. The van der Waals surface area contributed by atoms with Crippen LogP contribution in [0.2, 0.25) is 0 Å². The molecule has 0 atom stereocenters. The summed E-state index contributed by atoms with van der Waals surface area (Å²) in [5, 5.41) is 8.39. The van der Waals surface area contributed by atoms with Crippen molar-refractivity contribution < 1.29 is 14.5 Å². The Morgan fingerprint density at radius 3 is 3.00 bits per heavy atom. The van der Waals surface area contributed by atoms with Crippen molar-refractivity contribution in [1.82, 2.24) is 4.98 Å². The molecule has 0 saturated heterocycles. The Kier molecular flexibility index (Phi) is 2.85. The fourth-order valence-electron chi connectivity index (χ4n) is 1.09. The summed E-state index contributed by atoms with van der Waals surface area (Å²) in [4.78, 5) is 13.2. The number of aromatic amines is 1. The third-order valence-corrected chi connectivity index (χ3v) is 1.77. The highest BCUT2D eigenvalue weighted by atomic mass is 16.4. The monoisotopic (exact) mass is 169 g/mol. The van der Waals surface area contributed by atoms with Crippen LogP contribution < -0.4 is 4.57 Å². The highest BCUT2D eigenvalue weighted by Crippen LogP contribution is 1.90. The lowest BCUT2D eigenvalue weighted by molar-refractivity contribution is -0.701. The summed E-state index contributed by atoms with van der Waals surface area (Å²) in [7, 11) is 0. The van der Waals surface area contributed by atoms with Crippen LogP contribution in [-0.2, 0) is 11.3 Å². The van der Waals surface area contributed by atoms with Crippen LogP contribution in [0.4, 0.5) is 0 Å².